The second-order valence-electron chi connectivity index (χ2n) is 6.69. The highest BCUT2D eigenvalue weighted by atomic mass is 16.2. The molecule has 1 saturated heterocycles. The van der Waals surface area contributed by atoms with Crippen LogP contribution in [0.25, 0.3) is 10.9 Å². The van der Waals surface area contributed by atoms with Crippen molar-refractivity contribution in [3.63, 3.8) is 0 Å². The molecular formula is C20H20N4O2. The minimum absolute atomic E-state index is 0.132. The summed E-state index contributed by atoms with van der Waals surface area (Å²) in [6.45, 7) is 1.41. The number of aromatic amines is 1. The summed E-state index contributed by atoms with van der Waals surface area (Å²) in [5.41, 5.74) is 2.20. The van der Waals surface area contributed by atoms with Gasteiger partial charge in [0.15, 0.2) is 0 Å². The molecule has 6 nitrogen and oxygen atoms in total. The molecule has 0 saturated carbocycles. The van der Waals surface area contributed by atoms with Crippen molar-refractivity contribution < 1.29 is 4.79 Å². The van der Waals surface area contributed by atoms with E-state index in [1.165, 1.54) is 0 Å². The lowest BCUT2D eigenvalue weighted by atomic mass is 9.92. The van der Waals surface area contributed by atoms with Gasteiger partial charge in [-0.1, -0.05) is 12.1 Å². The Morgan fingerprint density at radius 1 is 1.19 bits per heavy atom. The molecule has 3 aromatic rings. The molecule has 132 valence electrons. The Balaban J connectivity index is 1.43. The summed E-state index contributed by atoms with van der Waals surface area (Å²) < 4.78 is 0. The van der Waals surface area contributed by atoms with Crippen LogP contribution in [0.5, 0.6) is 0 Å². The van der Waals surface area contributed by atoms with Crippen molar-refractivity contribution in [2.45, 2.75) is 25.2 Å². The Morgan fingerprint density at radius 2 is 2.00 bits per heavy atom. The van der Waals surface area contributed by atoms with Crippen molar-refractivity contribution in [1.29, 1.82) is 0 Å². The lowest BCUT2D eigenvalue weighted by Crippen LogP contribution is -2.39. The maximum Gasteiger partial charge on any atom is 0.274 e. The normalized spacial score (nSPS) is 15.3. The Hall–Kier alpha value is -3.02. The minimum atomic E-state index is -0.145. The highest BCUT2D eigenvalue weighted by Crippen LogP contribution is 2.27. The molecule has 0 aromatic carbocycles. The van der Waals surface area contributed by atoms with Crippen LogP contribution < -0.4 is 5.56 Å². The summed E-state index contributed by atoms with van der Waals surface area (Å²) in [4.78, 5) is 37.8. The molecule has 4 rings (SSSR count). The molecule has 1 N–H and O–H groups in total. The van der Waals surface area contributed by atoms with E-state index in [0.29, 0.717) is 25.0 Å². The maximum atomic E-state index is 12.5. The van der Waals surface area contributed by atoms with Crippen LogP contribution in [0.2, 0.25) is 0 Å². The fourth-order valence-corrected chi connectivity index (χ4v) is 3.57. The van der Waals surface area contributed by atoms with Crippen LogP contribution in [-0.2, 0) is 11.2 Å². The van der Waals surface area contributed by atoms with E-state index in [-0.39, 0.29) is 17.4 Å². The summed E-state index contributed by atoms with van der Waals surface area (Å²) in [5.74, 6) is 0.391. The average Bonchev–Trinajstić information content (AvgIpc) is 2.69. The zero-order chi connectivity index (χ0) is 17.9. The standard InChI is InChI=1S/C20H20N4O2/c25-18(11-14-3-1-7-21-13-14)24-9-5-15(6-10-24)17-12-16-4-2-8-22-19(16)20(26)23-17/h1-4,7-8,12-13,15H,5-6,9-11H2,(H,23,26). The molecule has 26 heavy (non-hydrogen) atoms. The first-order valence-corrected chi connectivity index (χ1v) is 8.85. The van der Waals surface area contributed by atoms with E-state index in [0.717, 1.165) is 29.5 Å². The third kappa shape index (κ3) is 3.35. The van der Waals surface area contributed by atoms with Crippen LogP contribution in [0.3, 0.4) is 0 Å². The quantitative estimate of drug-likeness (QED) is 0.787. The summed E-state index contributed by atoms with van der Waals surface area (Å²) in [7, 11) is 0. The van der Waals surface area contributed by atoms with Crippen molar-refractivity contribution in [2.75, 3.05) is 13.1 Å². The van der Waals surface area contributed by atoms with E-state index < -0.39 is 0 Å². The number of hydrogen-bond acceptors (Lipinski definition) is 4. The van der Waals surface area contributed by atoms with Gasteiger partial charge in [0.1, 0.15) is 5.52 Å². The topological polar surface area (TPSA) is 79.0 Å². The predicted octanol–water partition coefficient (Wildman–Crippen LogP) is 2.27. The SMILES string of the molecule is O=C(Cc1cccnc1)N1CCC(c2cc3cccnc3c(=O)[nH]2)CC1. The number of piperidine rings is 1. The van der Waals surface area contributed by atoms with Crippen molar-refractivity contribution in [1.82, 2.24) is 19.9 Å². The van der Waals surface area contributed by atoms with Gasteiger partial charge < -0.3 is 9.88 Å². The van der Waals surface area contributed by atoms with Gasteiger partial charge in [-0.15, -0.1) is 0 Å². The lowest BCUT2D eigenvalue weighted by Gasteiger charge is -2.32. The molecule has 1 fully saturated rings. The summed E-state index contributed by atoms with van der Waals surface area (Å²) in [5, 5.41) is 0.862. The van der Waals surface area contributed by atoms with Crippen LogP contribution in [-0.4, -0.2) is 38.8 Å². The zero-order valence-corrected chi connectivity index (χ0v) is 14.4. The number of carbonyl (C=O) groups is 1. The molecule has 6 heteroatoms. The van der Waals surface area contributed by atoms with Gasteiger partial charge in [-0.25, -0.2) is 0 Å². The van der Waals surface area contributed by atoms with Crippen LogP contribution in [0.15, 0.2) is 53.7 Å². The monoisotopic (exact) mass is 348 g/mol. The van der Waals surface area contributed by atoms with Crippen LogP contribution >= 0.6 is 0 Å². The molecular weight excluding hydrogens is 328 g/mol. The van der Waals surface area contributed by atoms with Crippen molar-refractivity contribution >= 4 is 16.8 Å². The Kier molecular flexibility index (Phi) is 4.48. The lowest BCUT2D eigenvalue weighted by molar-refractivity contribution is -0.131. The van der Waals surface area contributed by atoms with Gasteiger partial charge >= 0.3 is 0 Å². The summed E-state index contributed by atoms with van der Waals surface area (Å²) in [6, 6.07) is 9.53. The van der Waals surface area contributed by atoms with Gasteiger partial charge in [0, 0.05) is 48.7 Å². The second-order valence-corrected chi connectivity index (χ2v) is 6.69. The fraction of sp³-hybridized carbons (Fsp3) is 0.300. The van der Waals surface area contributed by atoms with Gasteiger partial charge in [0.05, 0.1) is 6.42 Å². The molecule has 0 unspecified atom stereocenters. The van der Waals surface area contributed by atoms with Gasteiger partial charge in [0.25, 0.3) is 5.56 Å². The third-order valence-corrected chi connectivity index (χ3v) is 4.99. The number of amides is 1. The van der Waals surface area contributed by atoms with E-state index in [9.17, 15) is 9.59 Å². The van der Waals surface area contributed by atoms with Gasteiger partial charge in [-0.05, 0) is 36.6 Å². The van der Waals surface area contributed by atoms with Crippen LogP contribution in [0, 0.1) is 0 Å². The Bertz CT molecular complexity index is 976. The van der Waals surface area contributed by atoms with Crippen molar-refractivity contribution in [3.05, 3.63) is 70.5 Å². The first-order valence-electron chi connectivity index (χ1n) is 8.85. The highest BCUT2D eigenvalue weighted by Gasteiger charge is 2.24. The molecule has 4 heterocycles. The first-order chi connectivity index (χ1) is 12.7. The zero-order valence-electron chi connectivity index (χ0n) is 14.4. The minimum Gasteiger partial charge on any atom is -0.342 e. The smallest absolute Gasteiger partial charge is 0.274 e. The van der Waals surface area contributed by atoms with Crippen molar-refractivity contribution in [2.24, 2.45) is 0 Å². The second kappa shape index (κ2) is 7.07. The number of rotatable bonds is 3. The third-order valence-electron chi connectivity index (χ3n) is 4.99. The fourth-order valence-electron chi connectivity index (χ4n) is 3.57. The van der Waals surface area contributed by atoms with Gasteiger partial charge in [-0.3, -0.25) is 19.6 Å². The number of pyridine rings is 3. The summed E-state index contributed by atoms with van der Waals surface area (Å²) in [6.07, 6.45) is 7.15. The van der Waals surface area contributed by atoms with E-state index in [2.05, 4.69) is 15.0 Å². The molecule has 0 bridgehead atoms. The Morgan fingerprint density at radius 3 is 2.77 bits per heavy atom. The molecule has 0 aliphatic carbocycles. The molecule has 3 aromatic heterocycles. The van der Waals surface area contributed by atoms with E-state index >= 15 is 0 Å². The number of carbonyl (C=O) groups excluding carboxylic acids is 1. The largest absolute Gasteiger partial charge is 0.342 e. The van der Waals surface area contributed by atoms with Crippen LogP contribution in [0.1, 0.15) is 30.0 Å². The van der Waals surface area contributed by atoms with E-state index in [4.69, 9.17) is 0 Å². The number of hydrogen-bond donors (Lipinski definition) is 1. The van der Waals surface area contributed by atoms with Gasteiger partial charge in [-0.2, -0.15) is 0 Å². The number of fused-ring (bicyclic) bond motifs is 1. The maximum absolute atomic E-state index is 12.5. The number of H-pyrrole nitrogens is 1. The number of aromatic nitrogens is 3. The van der Waals surface area contributed by atoms with E-state index in [1.807, 2.05) is 35.2 Å². The predicted molar refractivity (Wildman–Crippen MR) is 98.9 cm³/mol. The highest BCUT2D eigenvalue weighted by molar-refractivity contribution is 5.79. The van der Waals surface area contributed by atoms with E-state index in [1.54, 1.807) is 18.6 Å². The Labute approximate surface area is 150 Å². The number of nitrogens with one attached hydrogen (secondary N) is 1. The average molecular weight is 348 g/mol. The summed E-state index contributed by atoms with van der Waals surface area (Å²) >= 11 is 0. The van der Waals surface area contributed by atoms with Gasteiger partial charge in [0.2, 0.25) is 5.91 Å². The van der Waals surface area contributed by atoms with Crippen LogP contribution in [0.4, 0.5) is 0 Å². The molecule has 0 radical (unpaired) electrons. The molecule has 0 atom stereocenters. The molecule has 1 aliphatic heterocycles. The molecule has 1 aliphatic rings. The first kappa shape index (κ1) is 16.4. The molecule has 0 spiro atoms. The number of nitrogens with zero attached hydrogens (tertiary/aromatic N) is 3. The number of likely N-dealkylation sites (tertiary alicyclic amines) is 1. The molecule has 1 amide bonds. The van der Waals surface area contributed by atoms with Crippen molar-refractivity contribution in [3.8, 4) is 0 Å².